The first-order valence-corrected chi connectivity index (χ1v) is 9.88. The molecular formula is C22H29N3O4. The summed E-state index contributed by atoms with van der Waals surface area (Å²) in [7, 11) is 0. The highest BCUT2D eigenvalue weighted by atomic mass is 16.5. The van der Waals surface area contributed by atoms with E-state index in [2.05, 4.69) is 10.2 Å². The van der Waals surface area contributed by atoms with Crippen LogP contribution in [0.4, 0.5) is 10.5 Å². The van der Waals surface area contributed by atoms with E-state index in [0.29, 0.717) is 37.2 Å². The number of primary amides is 1. The molecule has 2 aromatic rings. The summed E-state index contributed by atoms with van der Waals surface area (Å²) in [6, 6.07) is 16.2. The maximum atomic E-state index is 10.9. The molecule has 1 saturated heterocycles. The number of nitrogens with one attached hydrogen (secondary N) is 1. The van der Waals surface area contributed by atoms with Crippen molar-refractivity contribution in [1.82, 2.24) is 4.90 Å². The first-order chi connectivity index (χ1) is 13.9. The second kappa shape index (κ2) is 9.73. The van der Waals surface area contributed by atoms with Crippen LogP contribution in [-0.4, -0.2) is 59.1 Å². The molecule has 0 radical (unpaired) electrons. The van der Waals surface area contributed by atoms with E-state index < -0.39 is 17.7 Å². The molecule has 0 aliphatic carbocycles. The Morgan fingerprint density at radius 2 is 1.79 bits per heavy atom. The minimum absolute atomic E-state index is 0.174. The quantitative estimate of drug-likeness (QED) is 0.543. The number of β-amino-alcohol motifs (C(OH)–C–C–N with tert-alkyl or cyclic N) is 1. The Kier molecular flexibility index (Phi) is 7.09. The fraction of sp³-hybridized carbons (Fsp3) is 0.409. The van der Waals surface area contributed by atoms with Crippen LogP contribution in [-0.2, 0) is 6.42 Å². The number of aliphatic hydroxyl groups excluding tert-OH is 1. The third-order valence-electron chi connectivity index (χ3n) is 5.20. The number of piperidine rings is 1. The van der Waals surface area contributed by atoms with E-state index in [0.717, 1.165) is 18.7 Å². The molecule has 7 nitrogen and oxygen atoms in total. The number of hydrogen-bond donors (Lipinski definition) is 4. The standard InChI is InChI=1S/C22H29N3O4/c23-21(27)24-18-6-8-20(9-7-18)29-16-19(26)15-25-12-10-22(28,11-13-25)14-17-4-2-1-3-5-17/h1-9,19,26,28H,10-16H2,(H3,23,24,27). The molecule has 1 heterocycles. The number of carbonyl (C=O) groups excluding carboxylic acids is 1. The fourth-order valence-electron chi connectivity index (χ4n) is 3.62. The largest absolute Gasteiger partial charge is 0.491 e. The zero-order valence-corrected chi connectivity index (χ0v) is 16.5. The van der Waals surface area contributed by atoms with Crippen LogP contribution in [0.15, 0.2) is 54.6 Å². The number of aliphatic hydroxyl groups is 2. The maximum absolute atomic E-state index is 10.9. The molecule has 0 saturated carbocycles. The summed E-state index contributed by atoms with van der Waals surface area (Å²) in [6.07, 6.45) is 1.40. The van der Waals surface area contributed by atoms with Crippen LogP contribution in [0.2, 0.25) is 0 Å². The zero-order valence-electron chi connectivity index (χ0n) is 16.5. The van der Waals surface area contributed by atoms with Crippen LogP contribution < -0.4 is 15.8 Å². The van der Waals surface area contributed by atoms with Crippen LogP contribution in [0.1, 0.15) is 18.4 Å². The molecule has 29 heavy (non-hydrogen) atoms. The van der Waals surface area contributed by atoms with Crippen LogP contribution in [0, 0.1) is 0 Å². The Labute approximate surface area is 171 Å². The molecule has 5 N–H and O–H groups in total. The fourth-order valence-corrected chi connectivity index (χ4v) is 3.62. The minimum Gasteiger partial charge on any atom is -0.491 e. The van der Waals surface area contributed by atoms with E-state index in [1.54, 1.807) is 24.3 Å². The lowest BCUT2D eigenvalue weighted by Crippen LogP contribution is -2.48. The van der Waals surface area contributed by atoms with Gasteiger partial charge in [0.05, 0.1) is 5.60 Å². The lowest BCUT2D eigenvalue weighted by molar-refractivity contribution is -0.0325. The Morgan fingerprint density at radius 1 is 1.14 bits per heavy atom. The number of urea groups is 1. The molecule has 0 aromatic heterocycles. The minimum atomic E-state index is -0.681. The van der Waals surface area contributed by atoms with E-state index in [1.165, 1.54) is 0 Å². The summed E-state index contributed by atoms with van der Waals surface area (Å²) < 4.78 is 5.62. The van der Waals surface area contributed by atoms with Gasteiger partial charge in [-0.25, -0.2) is 4.79 Å². The molecule has 0 spiro atoms. The van der Waals surface area contributed by atoms with Gasteiger partial charge in [0.25, 0.3) is 0 Å². The Morgan fingerprint density at radius 3 is 2.41 bits per heavy atom. The van der Waals surface area contributed by atoms with Crippen molar-refractivity contribution in [2.75, 3.05) is 31.6 Å². The number of ether oxygens (including phenoxy) is 1. The molecule has 3 rings (SSSR count). The number of amides is 2. The summed E-state index contributed by atoms with van der Waals surface area (Å²) in [5, 5.41) is 23.6. The van der Waals surface area contributed by atoms with Crippen molar-refractivity contribution in [2.45, 2.75) is 31.0 Å². The SMILES string of the molecule is NC(=O)Nc1ccc(OCC(O)CN2CCC(O)(Cc3ccccc3)CC2)cc1. The monoisotopic (exact) mass is 399 g/mol. The average molecular weight is 399 g/mol. The second-order valence-electron chi connectivity index (χ2n) is 7.67. The van der Waals surface area contributed by atoms with E-state index in [1.807, 2.05) is 30.3 Å². The summed E-state index contributed by atoms with van der Waals surface area (Å²) in [6.45, 7) is 2.16. The molecular weight excluding hydrogens is 370 g/mol. The van der Waals surface area contributed by atoms with Crippen LogP contribution in [0.3, 0.4) is 0 Å². The Bertz CT molecular complexity index is 774. The second-order valence-corrected chi connectivity index (χ2v) is 7.67. The Balaban J connectivity index is 1.39. The average Bonchev–Trinajstić information content (AvgIpc) is 2.70. The van der Waals surface area contributed by atoms with Gasteiger partial charge in [-0.3, -0.25) is 0 Å². The maximum Gasteiger partial charge on any atom is 0.316 e. The highest BCUT2D eigenvalue weighted by Crippen LogP contribution is 2.26. The zero-order chi connectivity index (χ0) is 20.7. The molecule has 1 unspecified atom stereocenters. The third-order valence-corrected chi connectivity index (χ3v) is 5.20. The van der Waals surface area contributed by atoms with Crippen molar-refractivity contribution in [1.29, 1.82) is 0 Å². The van der Waals surface area contributed by atoms with Gasteiger partial charge in [-0.2, -0.15) is 0 Å². The van der Waals surface area contributed by atoms with Crippen LogP contribution in [0.25, 0.3) is 0 Å². The molecule has 2 aromatic carbocycles. The van der Waals surface area contributed by atoms with Gasteiger partial charge in [-0.05, 0) is 42.7 Å². The molecule has 1 aliphatic rings. The lowest BCUT2D eigenvalue weighted by Gasteiger charge is -2.39. The van der Waals surface area contributed by atoms with Gasteiger partial charge in [0.2, 0.25) is 0 Å². The smallest absolute Gasteiger partial charge is 0.316 e. The topological polar surface area (TPSA) is 108 Å². The van der Waals surface area contributed by atoms with Gasteiger partial charge in [0.1, 0.15) is 18.5 Å². The van der Waals surface area contributed by atoms with Gasteiger partial charge in [0, 0.05) is 31.7 Å². The van der Waals surface area contributed by atoms with Crippen molar-refractivity contribution in [3.8, 4) is 5.75 Å². The van der Waals surface area contributed by atoms with Crippen molar-refractivity contribution in [2.24, 2.45) is 5.73 Å². The molecule has 1 fully saturated rings. The van der Waals surface area contributed by atoms with Crippen LogP contribution in [0.5, 0.6) is 5.75 Å². The number of likely N-dealkylation sites (tertiary alicyclic amines) is 1. The molecule has 156 valence electrons. The van der Waals surface area contributed by atoms with Crippen molar-refractivity contribution in [3.63, 3.8) is 0 Å². The van der Waals surface area contributed by atoms with Crippen molar-refractivity contribution >= 4 is 11.7 Å². The Hall–Kier alpha value is -2.61. The summed E-state index contributed by atoms with van der Waals surface area (Å²) in [4.78, 5) is 13.0. The number of carbonyl (C=O) groups is 1. The van der Waals surface area contributed by atoms with E-state index in [-0.39, 0.29) is 6.61 Å². The van der Waals surface area contributed by atoms with E-state index in [4.69, 9.17) is 10.5 Å². The highest BCUT2D eigenvalue weighted by molar-refractivity contribution is 5.87. The molecule has 0 bridgehead atoms. The molecule has 2 amide bonds. The van der Waals surface area contributed by atoms with Crippen LogP contribution >= 0.6 is 0 Å². The van der Waals surface area contributed by atoms with Gasteiger partial charge >= 0.3 is 6.03 Å². The normalized spacial score (nSPS) is 17.4. The number of benzene rings is 2. The number of hydrogen-bond acceptors (Lipinski definition) is 5. The number of rotatable bonds is 8. The third kappa shape index (κ3) is 6.74. The molecule has 1 aliphatic heterocycles. The molecule has 7 heteroatoms. The van der Waals surface area contributed by atoms with Crippen molar-refractivity contribution in [3.05, 3.63) is 60.2 Å². The number of anilines is 1. The first-order valence-electron chi connectivity index (χ1n) is 9.88. The first kappa shape index (κ1) is 21.1. The van der Waals surface area contributed by atoms with E-state index >= 15 is 0 Å². The van der Waals surface area contributed by atoms with Gasteiger partial charge in [-0.15, -0.1) is 0 Å². The van der Waals surface area contributed by atoms with Gasteiger partial charge in [0.15, 0.2) is 0 Å². The molecule has 1 atom stereocenters. The summed E-state index contributed by atoms with van der Waals surface area (Å²) in [5.74, 6) is 0.606. The highest BCUT2D eigenvalue weighted by Gasteiger charge is 2.32. The summed E-state index contributed by atoms with van der Waals surface area (Å²) in [5.41, 5.74) is 6.12. The van der Waals surface area contributed by atoms with Gasteiger partial charge in [-0.1, -0.05) is 30.3 Å². The summed E-state index contributed by atoms with van der Waals surface area (Å²) >= 11 is 0. The van der Waals surface area contributed by atoms with Gasteiger partial charge < -0.3 is 30.9 Å². The number of nitrogens with two attached hydrogens (primary N) is 1. The lowest BCUT2D eigenvalue weighted by atomic mass is 9.85. The predicted molar refractivity (Wildman–Crippen MR) is 112 cm³/mol. The predicted octanol–water partition coefficient (Wildman–Crippen LogP) is 1.99. The number of nitrogens with zero attached hydrogens (tertiary/aromatic N) is 1. The van der Waals surface area contributed by atoms with E-state index in [9.17, 15) is 15.0 Å². The van der Waals surface area contributed by atoms with Crippen molar-refractivity contribution < 1.29 is 19.7 Å².